The number of benzene rings is 1. The number of likely N-dealkylation sites (tertiary alicyclic amines) is 1. The highest BCUT2D eigenvalue weighted by Crippen LogP contribution is 2.20. The summed E-state index contributed by atoms with van der Waals surface area (Å²) in [7, 11) is -3.65. The van der Waals surface area contributed by atoms with Gasteiger partial charge in [0.2, 0.25) is 10.0 Å². The lowest BCUT2D eigenvalue weighted by Crippen LogP contribution is -2.53. The first-order chi connectivity index (χ1) is 12.3. The van der Waals surface area contributed by atoms with Crippen molar-refractivity contribution in [3.8, 4) is 0 Å². The van der Waals surface area contributed by atoms with Gasteiger partial charge in [0.15, 0.2) is 0 Å². The Labute approximate surface area is 156 Å². The number of piperidine rings is 1. The fraction of sp³-hybridized carbons (Fsp3) is 0.526. The van der Waals surface area contributed by atoms with E-state index in [4.69, 9.17) is 0 Å². The molecule has 6 nitrogen and oxygen atoms in total. The molecule has 0 atom stereocenters. The second-order valence-electron chi connectivity index (χ2n) is 7.21. The molecular formula is C19H29N3O3S. The summed E-state index contributed by atoms with van der Waals surface area (Å²) in [6.45, 7) is 10.5. The Balaban J connectivity index is 2.03. The van der Waals surface area contributed by atoms with Gasteiger partial charge in [0.25, 0.3) is 5.91 Å². The Morgan fingerprint density at radius 3 is 2.62 bits per heavy atom. The van der Waals surface area contributed by atoms with Gasteiger partial charge in [-0.25, -0.2) is 13.1 Å². The van der Waals surface area contributed by atoms with E-state index in [1.807, 2.05) is 0 Å². The molecule has 1 aliphatic rings. The van der Waals surface area contributed by atoms with Crippen molar-refractivity contribution in [3.63, 3.8) is 0 Å². The Hall–Kier alpha value is -1.70. The summed E-state index contributed by atoms with van der Waals surface area (Å²) in [5.41, 5.74) is 0.201. The van der Waals surface area contributed by atoms with Crippen LogP contribution in [0.25, 0.3) is 0 Å². The molecule has 0 aliphatic carbocycles. The van der Waals surface area contributed by atoms with Crippen molar-refractivity contribution in [2.45, 2.75) is 43.5 Å². The number of nitrogens with zero attached hydrogens (tertiary/aromatic N) is 1. The van der Waals surface area contributed by atoms with E-state index in [-0.39, 0.29) is 22.9 Å². The zero-order chi connectivity index (χ0) is 19.2. The summed E-state index contributed by atoms with van der Waals surface area (Å²) >= 11 is 0. The fourth-order valence-corrected chi connectivity index (χ4v) is 4.11. The van der Waals surface area contributed by atoms with Crippen LogP contribution in [0.3, 0.4) is 0 Å². The first-order valence-corrected chi connectivity index (χ1v) is 10.5. The third-order valence-corrected chi connectivity index (χ3v) is 6.14. The molecule has 1 heterocycles. The Bertz CT molecular complexity index is 738. The van der Waals surface area contributed by atoms with E-state index in [1.165, 1.54) is 37.5 Å². The number of rotatable bonds is 8. The molecule has 26 heavy (non-hydrogen) atoms. The summed E-state index contributed by atoms with van der Waals surface area (Å²) in [6, 6.07) is 6.07. The summed E-state index contributed by atoms with van der Waals surface area (Å²) in [5, 5.41) is 2.95. The molecule has 1 aromatic carbocycles. The van der Waals surface area contributed by atoms with Crippen molar-refractivity contribution in [1.29, 1.82) is 0 Å². The van der Waals surface area contributed by atoms with Crippen molar-refractivity contribution < 1.29 is 13.2 Å². The lowest BCUT2D eigenvalue weighted by molar-refractivity contribution is 0.0797. The molecule has 0 spiro atoms. The molecule has 0 aromatic heterocycles. The van der Waals surface area contributed by atoms with Crippen molar-refractivity contribution in [3.05, 3.63) is 42.5 Å². The molecule has 144 valence electrons. The molecule has 2 N–H and O–H groups in total. The largest absolute Gasteiger partial charge is 0.350 e. The molecule has 1 aromatic rings. The van der Waals surface area contributed by atoms with Gasteiger partial charge in [0.05, 0.1) is 4.90 Å². The maximum Gasteiger partial charge on any atom is 0.251 e. The third-order valence-electron chi connectivity index (χ3n) is 4.72. The van der Waals surface area contributed by atoms with E-state index >= 15 is 0 Å². The van der Waals surface area contributed by atoms with Crippen LogP contribution < -0.4 is 10.0 Å². The average Bonchev–Trinajstić information content (AvgIpc) is 2.65. The number of carbonyl (C=O) groups excluding carboxylic acids is 1. The van der Waals surface area contributed by atoms with Gasteiger partial charge >= 0.3 is 0 Å². The Kier molecular flexibility index (Phi) is 6.97. The Morgan fingerprint density at radius 2 is 1.96 bits per heavy atom. The van der Waals surface area contributed by atoms with Crippen molar-refractivity contribution in [2.24, 2.45) is 0 Å². The summed E-state index contributed by atoms with van der Waals surface area (Å²) in [6.07, 6.45) is 5.11. The van der Waals surface area contributed by atoms with E-state index < -0.39 is 10.0 Å². The molecule has 1 aliphatic heterocycles. The van der Waals surface area contributed by atoms with Gasteiger partial charge in [0, 0.05) is 24.2 Å². The number of hydrogen-bond acceptors (Lipinski definition) is 4. The molecule has 1 saturated heterocycles. The van der Waals surface area contributed by atoms with Crippen molar-refractivity contribution in [1.82, 2.24) is 14.9 Å². The van der Waals surface area contributed by atoms with Gasteiger partial charge in [-0.05, 0) is 58.0 Å². The molecule has 1 amide bonds. The molecule has 0 bridgehead atoms. The van der Waals surface area contributed by atoms with Gasteiger partial charge < -0.3 is 5.32 Å². The summed E-state index contributed by atoms with van der Waals surface area (Å²) < 4.78 is 26.8. The van der Waals surface area contributed by atoms with E-state index in [0.29, 0.717) is 12.1 Å². The van der Waals surface area contributed by atoms with E-state index in [0.717, 1.165) is 13.1 Å². The number of sulfonamides is 1. The average molecular weight is 380 g/mol. The predicted octanol–water partition coefficient (Wildman–Crippen LogP) is 2.15. The van der Waals surface area contributed by atoms with Crippen LogP contribution in [0.15, 0.2) is 41.8 Å². The molecule has 1 fully saturated rings. The first-order valence-electron chi connectivity index (χ1n) is 9.00. The highest BCUT2D eigenvalue weighted by atomic mass is 32.2. The van der Waals surface area contributed by atoms with Crippen LogP contribution >= 0.6 is 0 Å². The molecule has 0 radical (unpaired) electrons. The number of amides is 1. The zero-order valence-electron chi connectivity index (χ0n) is 15.6. The lowest BCUT2D eigenvalue weighted by atomic mass is 9.98. The van der Waals surface area contributed by atoms with Crippen LogP contribution in [0, 0.1) is 0 Å². The minimum absolute atomic E-state index is 0.0716. The highest BCUT2D eigenvalue weighted by molar-refractivity contribution is 7.89. The second kappa shape index (κ2) is 8.79. The van der Waals surface area contributed by atoms with E-state index in [9.17, 15) is 13.2 Å². The predicted molar refractivity (Wildman–Crippen MR) is 104 cm³/mol. The SMILES string of the molecule is C=CCNS(=O)(=O)c1cccc(C(=O)NCC(C)(C)N2CCCCC2)c1. The topological polar surface area (TPSA) is 78.5 Å². The van der Waals surface area contributed by atoms with Crippen LogP contribution in [0.5, 0.6) is 0 Å². The van der Waals surface area contributed by atoms with Gasteiger partial charge in [-0.2, -0.15) is 0 Å². The second-order valence-corrected chi connectivity index (χ2v) is 8.98. The number of nitrogens with one attached hydrogen (secondary N) is 2. The summed E-state index contributed by atoms with van der Waals surface area (Å²) in [5.74, 6) is -0.268. The standard InChI is InChI=1S/C19H29N3O3S/c1-4-11-21-26(24,25)17-10-8-9-16(14-17)18(23)20-15-19(2,3)22-12-6-5-7-13-22/h4,8-10,14,21H,1,5-7,11-13,15H2,2-3H3,(H,20,23). The smallest absolute Gasteiger partial charge is 0.251 e. The van der Waals surface area contributed by atoms with Crippen LogP contribution in [-0.2, 0) is 10.0 Å². The number of carbonyl (C=O) groups is 1. The molecular weight excluding hydrogens is 350 g/mol. The maximum absolute atomic E-state index is 12.5. The lowest BCUT2D eigenvalue weighted by Gasteiger charge is -2.41. The van der Waals surface area contributed by atoms with Crippen LogP contribution in [-0.4, -0.2) is 50.9 Å². The third kappa shape index (κ3) is 5.40. The zero-order valence-corrected chi connectivity index (χ0v) is 16.4. The maximum atomic E-state index is 12.5. The highest BCUT2D eigenvalue weighted by Gasteiger charge is 2.28. The minimum atomic E-state index is -3.65. The van der Waals surface area contributed by atoms with E-state index in [2.05, 4.69) is 35.4 Å². The molecule has 7 heteroatoms. The van der Waals surface area contributed by atoms with Crippen molar-refractivity contribution >= 4 is 15.9 Å². The fourth-order valence-electron chi connectivity index (χ4n) is 3.07. The van der Waals surface area contributed by atoms with E-state index in [1.54, 1.807) is 12.1 Å². The molecule has 0 saturated carbocycles. The Morgan fingerprint density at radius 1 is 1.27 bits per heavy atom. The van der Waals surface area contributed by atoms with Gasteiger partial charge in [-0.3, -0.25) is 9.69 Å². The first kappa shape index (κ1) is 20.6. The molecule has 2 rings (SSSR count). The summed E-state index contributed by atoms with van der Waals surface area (Å²) in [4.78, 5) is 15.0. The quantitative estimate of drug-likeness (QED) is 0.679. The molecule has 0 unspecified atom stereocenters. The normalized spacial score (nSPS) is 16.2. The van der Waals surface area contributed by atoms with Crippen LogP contribution in [0.2, 0.25) is 0 Å². The van der Waals surface area contributed by atoms with Crippen LogP contribution in [0.1, 0.15) is 43.5 Å². The van der Waals surface area contributed by atoms with Crippen molar-refractivity contribution in [2.75, 3.05) is 26.2 Å². The number of hydrogen-bond donors (Lipinski definition) is 2. The van der Waals surface area contributed by atoms with Gasteiger partial charge in [-0.1, -0.05) is 18.6 Å². The van der Waals surface area contributed by atoms with Crippen LogP contribution in [0.4, 0.5) is 0 Å². The minimum Gasteiger partial charge on any atom is -0.350 e. The van der Waals surface area contributed by atoms with Gasteiger partial charge in [-0.15, -0.1) is 6.58 Å². The monoisotopic (exact) mass is 379 g/mol. The van der Waals surface area contributed by atoms with Gasteiger partial charge in [0.1, 0.15) is 0 Å².